The molecule has 3 unspecified atom stereocenters. The SMILES string of the molecule is O=C(Nc1cc(NC2CCC(O)C2)cc2c1C(c1cc(F)ccc1Cl)NC2=O)c1cc(F)cc(C(F)(F)F)c1. The number of carbonyl (C=O) groups excluding carboxylic acids is 2. The summed E-state index contributed by atoms with van der Waals surface area (Å²) < 4.78 is 67.8. The quantitative estimate of drug-likeness (QED) is 0.284. The number of nitrogens with one attached hydrogen (secondary N) is 3. The number of carbonyl (C=O) groups is 2. The zero-order valence-corrected chi connectivity index (χ0v) is 20.8. The predicted octanol–water partition coefficient (Wildman–Crippen LogP) is 6.05. The van der Waals surface area contributed by atoms with Gasteiger partial charge in [0.1, 0.15) is 11.6 Å². The van der Waals surface area contributed by atoms with Gasteiger partial charge >= 0.3 is 6.18 Å². The molecule has 1 saturated carbocycles. The van der Waals surface area contributed by atoms with Crippen LogP contribution < -0.4 is 16.0 Å². The summed E-state index contributed by atoms with van der Waals surface area (Å²) >= 11 is 6.29. The fourth-order valence-electron chi connectivity index (χ4n) is 4.99. The van der Waals surface area contributed by atoms with Crippen molar-refractivity contribution in [1.82, 2.24) is 5.32 Å². The van der Waals surface area contributed by atoms with E-state index in [-0.39, 0.29) is 39.5 Å². The van der Waals surface area contributed by atoms with Crippen molar-refractivity contribution in [2.45, 2.75) is 43.6 Å². The molecule has 5 rings (SSSR count). The van der Waals surface area contributed by atoms with E-state index >= 15 is 0 Å². The average molecular weight is 566 g/mol. The number of fused-ring (bicyclic) bond motifs is 1. The van der Waals surface area contributed by atoms with E-state index in [1.807, 2.05) is 0 Å². The summed E-state index contributed by atoms with van der Waals surface area (Å²) in [5.74, 6) is -3.48. The van der Waals surface area contributed by atoms with Crippen LogP contribution >= 0.6 is 11.6 Å². The monoisotopic (exact) mass is 565 g/mol. The van der Waals surface area contributed by atoms with Crippen molar-refractivity contribution >= 4 is 34.8 Å². The Morgan fingerprint density at radius 1 is 1.03 bits per heavy atom. The van der Waals surface area contributed by atoms with Crippen LogP contribution in [0.25, 0.3) is 0 Å². The highest BCUT2D eigenvalue weighted by Gasteiger charge is 2.36. The first kappa shape index (κ1) is 26.9. The van der Waals surface area contributed by atoms with Crippen LogP contribution in [0.1, 0.15) is 62.7 Å². The van der Waals surface area contributed by atoms with Gasteiger partial charge in [-0.05, 0) is 67.8 Å². The van der Waals surface area contributed by atoms with Gasteiger partial charge in [0.05, 0.1) is 17.7 Å². The van der Waals surface area contributed by atoms with Crippen molar-refractivity contribution in [3.8, 4) is 0 Å². The molecule has 39 heavy (non-hydrogen) atoms. The number of hydrogen-bond donors (Lipinski definition) is 4. The fraction of sp³-hybridized carbons (Fsp3) is 0.259. The maximum atomic E-state index is 14.1. The summed E-state index contributed by atoms with van der Waals surface area (Å²) in [4.78, 5) is 26.1. The Kier molecular flexibility index (Phi) is 6.98. The van der Waals surface area contributed by atoms with Gasteiger partial charge in [0.2, 0.25) is 0 Å². The van der Waals surface area contributed by atoms with Gasteiger partial charge in [0.25, 0.3) is 11.8 Å². The van der Waals surface area contributed by atoms with Crippen LogP contribution in [-0.2, 0) is 6.18 Å². The van der Waals surface area contributed by atoms with Gasteiger partial charge in [-0.1, -0.05) is 11.6 Å². The molecule has 0 radical (unpaired) electrons. The van der Waals surface area contributed by atoms with Crippen molar-refractivity contribution < 1.29 is 36.6 Å². The van der Waals surface area contributed by atoms with E-state index in [2.05, 4.69) is 16.0 Å². The summed E-state index contributed by atoms with van der Waals surface area (Å²) in [5.41, 5.74) is -0.969. The normalized spacial score (nSPS) is 20.5. The third-order valence-electron chi connectivity index (χ3n) is 6.77. The minimum absolute atomic E-state index is 0.0278. The van der Waals surface area contributed by atoms with Gasteiger partial charge < -0.3 is 21.1 Å². The Morgan fingerprint density at radius 2 is 1.79 bits per heavy atom. The Bertz CT molecular complexity index is 1480. The van der Waals surface area contributed by atoms with E-state index < -0.39 is 52.9 Å². The molecular weight excluding hydrogens is 545 g/mol. The molecule has 3 aromatic carbocycles. The molecule has 12 heteroatoms. The second kappa shape index (κ2) is 10.1. The summed E-state index contributed by atoms with van der Waals surface area (Å²) in [6.45, 7) is 0. The lowest BCUT2D eigenvalue weighted by atomic mass is 9.95. The third-order valence-corrected chi connectivity index (χ3v) is 7.11. The van der Waals surface area contributed by atoms with Gasteiger partial charge in [-0.15, -0.1) is 0 Å². The van der Waals surface area contributed by atoms with Crippen LogP contribution in [0.3, 0.4) is 0 Å². The second-order valence-corrected chi connectivity index (χ2v) is 9.95. The Hall–Kier alpha value is -3.70. The van der Waals surface area contributed by atoms with Gasteiger partial charge in [-0.2, -0.15) is 13.2 Å². The molecule has 0 bridgehead atoms. The average Bonchev–Trinajstić information content (AvgIpc) is 3.42. The van der Waals surface area contributed by atoms with Crippen LogP contribution in [0.2, 0.25) is 5.02 Å². The Morgan fingerprint density at radius 3 is 2.49 bits per heavy atom. The molecule has 1 fully saturated rings. The molecule has 2 aliphatic rings. The van der Waals surface area contributed by atoms with Crippen molar-refractivity contribution in [3.05, 3.63) is 93.0 Å². The van der Waals surface area contributed by atoms with Crippen LogP contribution in [0.5, 0.6) is 0 Å². The maximum Gasteiger partial charge on any atom is 0.416 e. The molecule has 3 atom stereocenters. The van der Waals surface area contributed by atoms with E-state index in [9.17, 15) is 36.6 Å². The molecule has 204 valence electrons. The number of benzene rings is 3. The lowest BCUT2D eigenvalue weighted by Crippen LogP contribution is -2.21. The second-order valence-electron chi connectivity index (χ2n) is 9.55. The minimum atomic E-state index is -4.89. The van der Waals surface area contributed by atoms with Gasteiger partial charge in [0.15, 0.2) is 0 Å². The van der Waals surface area contributed by atoms with Crippen molar-refractivity contribution in [3.63, 3.8) is 0 Å². The summed E-state index contributed by atoms with van der Waals surface area (Å²) in [6.07, 6.45) is -3.69. The molecule has 0 aromatic heterocycles. The summed E-state index contributed by atoms with van der Waals surface area (Å²) in [6, 6.07) is 6.92. The molecule has 6 nitrogen and oxygen atoms in total. The number of hydrogen-bond acceptors (Lipinski definition) is 4. The molecular formula is C27H21ClF5N3O3. The van der Waals surface area contributed by atoms with Crippen LogP contribution in [-0.4, -0.2) is 29.1 Å². The van der Waals surface area contributed by atoms with E-state index in [4.69, 9.17) is 11.6 Å². The van der Waals surface area contributed by atoms with Crippen molar-refractivity contribution in [2.24, 2.45) is 0 Å². The first-order chi connectivity index (χ1) is 18.4. The molecule has 1 heterocycles. The zero-order chi connectivity index (χ0) is 28.1. The largest absolute Gasteiger partial charge is 0.416 e. The molecule has 0 spiro atoms. The first-order valence-electron chi connectivity index (χ1n) is 12.0. The molecule has 1 aliphatic carbocycles. The van der Waals surface area contributed by atoms with Crippen LogP contribution in [0.15, 0.2) is 48.5 Å². The summed E-state index contributed by atoms with van der Waals surface area (Å²) in [5, 5.41) is 18.4. The number of rotatable bonds is 5. The standard InChI is InChI=1S/C27H21ClF5N3O3/c28-21-4-1-14(29)8-19(21)24-23-20(26(39)36-24)10-17(34-16-2-3-18(37)9-16)11-22(23)35-25(38)12-5-13(27(31,32)33)7-15(30)6-12/h1,4-8,10-11,16,18,24,34,37H,2-3,9H2,(H,35,38)(H,36,39). The smallest absolute Gasteiger partial charge is 0.393 e. The van der Waals surface area contributed by atoms with Gasteiger partial charge in [-0.3, -0.25) is 9.59 Å². The highest BCUT2D eigenvalue weighted by atomic mass is 35.5. The maximum absolute atomic E-state index is 14.1. The number of alkyl halides is 3. The number of aliphatic hydroxyl groups excluding tert-OH is 1. The minimum Gasteiger partial charge on any atom is -0.393 e. The third kappa shape index (κ3) is 5.55. The van der Waals surface area contributed by atoms with Gasteiger partial charge in [0, 0.05) is 44.7 Å². The predicted molar refractivity (Wildman–Crippen MR) is 134 cm³/mol. The van der Waals surface area contributed by atoms with Crippen molar-refractivity contribution in [1.29, 1.82) is 0 Å². The highest BCUT2D eigenvalue weighted by Crippen LogP contribution is 2.42. The number of aliphatic hydroxyl groups is 1. The fourth-order valence-corrected chi connectivity index (χ4v) is 5.22. The van der Waals surface area contributed by atoms with E-state index in [0.717, 1.165) is 12.1 Å². The van der Waals surface area contributed by atoms with Crippen molar-refractivity contribution in [2.75, 3.05) is 10.6 Å². The van der Waals surface area contributed by atoms with Gasteiger partial charge in [-0.25, -0.2) is 8.78 Å². The van der Waals surface area contributed by atoms with Crippen LogP contribution in [0.4, 0.5) is 33.3 Å². The summed E-state index contributed by atoms with van der Waals surface area (Å²) in [7, 11) is 0. The molecule has 0 saturated heterocycles. The lowest BCUT2D eigenvalue weighted by Gasteiger charge is -2.20. The topological polar surface area (TPSA) is 90.5 Å². The zero-order valence-electron chi connectivity index (χ0n) is 20.0. The molecule has 3 aromatic rings. The van der Waals surface area contributed by atoms with E-state index in [1.54, 1.807) is 0 Å². The molecule has 4 N–H and O–H groups in total. The number of amides is 2. The molecule has 2 amide bonds. The van der Waals surface area contributed by atoms with Crippen LogP contribution in [0, 0.1) is 11.6 Å². The number of halogens is 6. The Balaban J connectivity index is 1.58. The number of anilines is 2. The Labute approximate surface area is 224 Å². The molecule has 1 aliphatic heterocycles. The highest BCUT2D eigenvalue weighted by molar-refractivity contribution is 6.31. The first-order valence-corrected chi connectivity index (χ1v) is 12.3. The lowest BCUT2D eigenvalue weighted by molar-refractivity contribution is -0.137. The van der Waals surface area contributed by atoms with E-state index in [0.29, 0.717) is 37.1 Å². The van der Waals surface area contributed by atoms with E-state index in [1.165, 1.54) is 18.2 Å².